The molecule has 0 bridgehead atoms. The monoisotopic (exact) mass is 446 g/mol. The Balaban J connectivity index is 1.88. The van der Waals surface area contributed by atoms with Gasteiger partial charge in [0.25, 0.3) is 15.9 Å². The molecule has 9 heteroatoms. The molecular formula is C21H19ClN2O5S. The number of anilines is 2. The highest BCUT2D eigenvalue weighted by Crippen LogP contribution is 2.29. The quantitative estimate of drug-likeness (QED) is 0.560. The number of ether oxygens (including phenoxy) is 2. The Morgan fingerprint density at radius 1 is 0.900 bits per heavy atom. The molecule has 0 aromatic heterocycles. The van der Waals surface area contributed by atoms with Crippen molar-refractivity contribution >= 4 is 38.9 Å². The summed E-state index contributed by atoms with van der Waals surface area (Å²) < 4.78 is 38.4. The van der Waals surface area contributed by atoms with Crippen molar-refractivity contribution in [1.29, 1.82) is 0 Å². The van der Waals surface area contributed by atoms with Crippen LogP contribution in [0.4, 0.5) is 11.4 Å². The molecule has 0 saturated carbocycles. The largest absolute Gasteiger partial charge is 0.497 e. The van der Waals surface area contributed by atoms with Gasteiger partial charge in [0.05, 0.1) is 35.5 Å². The number of nitrogens with one attached hydrogen (secondary N) is 2. The predicted molar refractivity (Wildman–Crippen MR) is 116 cm³/mol. The molecule has 0 radical (unpaired) electrons. The second-order valence-corrected chi connectivity index (χ2v) is 8.22. The molecular weight excluding hydrogens is 428 g/mol. The number of rotatable bonds is 7. The van der Waals surface area contributed by atoms with Gasteiger partial charge in [-0.1, -0.05) is 29.8 Å². The molecule has 0 heterocycles. The maximum Gasteiger partial charge on any atom is 0.262 e. The van der Waals surface area contributed by atoms with E-state index in [0.717, 1.165) is 0 Å². The van der Waals surface area contributed by atoms with E-state index in [-0.39, 0.29) is 21.3 Å². The summed E-state index contributed by atoms with van der Waals surface area (Å²) >= 11 is 6.17. The van der Waals surface area contributed by atoms with Crippen LogP contribution in [0.25, 0.3) is 0 Å². The molecule has 0 aliphatic carbocycles. The van der Waals surface area contributed by atoms with Crippen molar-refractivity contribution in [2.45, 2.75) is 4.90 Å². The van der Waals surface area contributed by atoms with E-state index in [9.17, 15) is 13.2 Å². The van der Waals surface area contributed by atoms with E-state index in [0.29, 0.717) is 17.1 Å². The smallest absolute Gasteiger partial charge is 0.262 e. The summed E-state index contributed by atoms with van der Waals surface area (Å²) in [7, 11) is -1.01. The van der Waals surface area contributed by atoms with Crippen molar-refractivity contribution in [2.24, 2.45) is 0 Å². The van der Waals surface area contributed by atoms with Crippen LogP contribution >= 0.6 is 11.6 Å². The third-order valence-corrected chi connectivity index (χ3v) is 5.87. The Kier molecular flexibility index (Phi) is 6.49. The molecule has 0 atom stereocenters. The van der Waals surface area contributed by atoms with E-state index < -0.39 is 15.9 Å². The van der Waals surface area contributed by atoms with Crippen molar-refractivity contribution in [3.05, 3.63) is 77.3 Å². The molecule has 0 aliphatic heterocycles. The number of carbonyl (C=O) groups is 1. The number of hydrogen-bond acceptors (Lipinski definition) is 5. The Morgan fingerprint density at radius 2 is 1.67 bits per heavy atom. The first-order chi connectivity index (χ1) is 14.3. The summed E-state index contributed by atoms with van der Waals surface area (Å²) in [5.41, 5.74) is 0.787. The first-order valence-corrected chi connectivity index (χ1v) is 10.6. The van der Waals surface area contributed by atoms with Gasteiger partial charge in [0.1, 0.15) is 11.5 Å². The minimum Gasteiger partial charge on any atom is -0.497 e. The molecule has 1 amide bonds. The van der Waals surface area contributed by atoms with Crippen molar-refractivity contribution < 1.29 is 22.7 Å². The predicted octanol–water partition coefficient (Wildman–Crippen LogP) is 4.41. The lowest BCUT2D eigenvalue weighted by Gasteiger charge is -2.13. The Morgan fingerprint density at radius 3 is 2.40 bits per heavy atom. The van der Waals surface area contributed by atoms with Gasteiger partial charge in [0.2, 0.25) is 0 Å². The van der Waals surface area contributed by atoms with Crippen LogP contribution in [0.3, 0.4) is 0 Å². The number of amides is 1. The molecule has 2 N–H and O–H groups in total. The van der Waals surface area contributed by atoms with Crippen LogP contribution in [0.5, 0.6) is 11.5 Å². The lowest BCUT2D eigenvalue weighted by molar-refractivity contribution is 0.102. The van der Waals surface area contributed by atoms with Gasteiger partial charge in [-0.25, -0.2) is 8.42 Å². The number of para-hydroxylation sites is 2. The summed E-state index contributed by atoms with van der Waals surface area (Å²) in [6.45, 7) is 0. The standard InChI is InChI=1S/C21H19ClN2O5S/c1-28-15-7-5-6-14(12-15)21(25)23-19-13-16(10-11-17(19)22)30(26,27)24-18-8-3-4-9-20(18)29-2/h3-13,24H,1-2H3,(H,23,25). The van der Waals surface area contributed by atoms with Crippen LogP contribution in [0, 0.1) is 0 Å². The van der Waals surface area contributed by atoms with E-state index in [2.05, 4.69) is 10.0 Å². The van der Waals surface area contributed by atoms with Crippen LogP contribution in [-0.4, -0.2) is 28.5 Å². The maximum absolute atomic E-state index is 12.8. The van der Waals surface area contributed by atoms with E-state index in [1.54, 1.807) is 48.5 Å². The van der Waals surface area contributed by atoms with E-state index >= 15 is 0 Å². The minimum absolute atomic E-state index is 0.0706. The molecule has 3 aromatic carbocycles. The highest BCUT2D eigenvalue weighted by Gasteiger charge is 2.19. The minimum atomic E-state index is -3.96. The van der Waals surface area contributed by atoms with Gasteiger partial charge in [-0.2, -0.15) is 0 Å². The Hall–Kier alpha value is -3.23. The molecule has 3 rings (SSSR count). The molecule has 0 fully saturated rings. The van der Waals surface area contributed by atoms with Gasteiger partial charge in [-0.05, 0) is 48.5 Å². The number of sulfonamides is 1. The van der Waals surface area contributed by atoms with Gasteiger partial charge in [-0.3, -0.25) is 9.52 Å². The zero-order valence-corrected chi connectivity index (χ0v) is 17.8. The summed E-state index contributed by atoms with van der Waals surface area (Å²) in [6, 6.07) is 17.2. The molecule has 30 heavy (non-hydrogen) atoms. The summed E-state index contributed by atoms with van der Waals surface area (Å²) in [4.78, 5) is 12.5. The van der Waals surface area contributed by atoms with Crippen LogP contribution in [0.15, 0.2) is 71.6 Å². The number of carbonyl (C=O) groups excluding carboxylic acids is 1. The fourth-order valence-electron chi connectivity index (χ4n) is 2.66. The molecule has 3 aromatic rings. The maximum atomic E-state index is 12.8. The lowest BCUT2D eigenvalue weighted by atomic mass is 10.2. The molecule has 156 valence electrons. The molecule has 7 nitrogen and oxygen atoms in total. The van der Waals surface area contributed by atoms with E-state index in [1.165, 1.54) is 32.4 Å². The topological polar surface area (TPSA) is 93.7 Å². The van der Waals surface area contributed by atoms with E-state index in [1.807, 2.05) is 0 Å². The molecule has 0 saturated heterocycles. The average Bonchev–Trinajstić information content (AvgIpc) is 2.75. The van der Waals surface area contributed by atoms with Crippen LogP contribution in [-0.2, 0) is 10.0 Å². The normalized spacial score (nSPS) is 10.9. The second kappa shape index (κ2) is 9.06. The zero-order valence-electron chi connectivity index (χ0n) is 16.2. The first kappa shape index (κ1) is 21.5. The highest BCUT2D eigenvalue weighted by atomic mass is 35.5. The fourth-order valence-corrected chi connectivity index (χ4v) is 3.92. The summed E-state index contributed by atoms with van der Waals surface area (Å²) in [5, 5.41) is 2.83. The fraction of sp³-hybridized carbons (Fsp3) is 0.0952. The number of hydrogen-bond donors (Lipinski definition) is 2. The third kappa shape index (κ3) is 4.84. The zero-order chi connectivity index (χ0) is 21.7. The summed E-state index contributed by atoms with van der Waals surface area (Å²) in [5.74, 6) is 0.440. The second-order valence-electron chi connectivity index (χ2n) is 6.13. The van der Waals surface area contributed by atoms with Gasteiger partial charge in [-0.15, -0.1) is 0 Å². The van der Waals surface area contributed by atoms with Gasteiger partial charge in [0, 0.05) is 5.56 Å². The molecule has 0 aliphatic rings. The van der Waals surface area contributed by atoms with E-state index in [4.69, 9.17) is 21.1 Å². The van der Waals surface area contributed by atoms with Crippen LogP contribution < -0.4 is 19.5 Å². The van der Waals surface area contributed by atoms with Crippen molar-refractivity contribution in [1.82, 2.24) is 0 Å². The Labute approximate surface area is 179 Å². The average molecular weight is 447 g/mol. The first-order valence-electron chi connectivity index (χ1n) is 8.75. The highest BCUT2D eigenvalue weighted by molar-refractivity contribution is 7.92. The summed E-state index contributed by atoms with van der Waals surface area (Å²) in [6.07, 6.45) is 0. The van der Waals surface area contributed by atoms with Crippen molar-refractivity contribution in [3.63, 3.8) is 0 Å². The number of methoxy groups -OCH3 is 2. The van der Waals surface area contributed by atoms with Gasteiger partial charge >= 0.3 is 0 Å². The molecule has 0 unspecified atom stereocenters. The SMILES string of the molecule is COc1cccc(C(=O)Nc2cc(S(=O)(=O)Nc3ccccc3OC)ccc2Cl)c1. The van der Waals surface area contributed by atoms with Gasteiger partial charge in [0.15, 0.2) is 0 Å². The lowest BCUT2D eigenvalue weighted by Crippen LogP contribution is -2.16. The van der Waals surface area contributed by atoms with Crippen LogP contribution in [0.1, 0.15) is 10.4 Å². The number of halogens is 1. The number of benzene rings is 3. The van der Waals surface area contributed by atoms with Crippen molar-refractivity contribution in [3.8, 4) is 11.5 Å². The Bertz CT molecular complexity index is 1180. The third-order valence-electron chi connectivity index (χ3n) is 4.18. The van der Waals surface area contributed by atoms with Gasteiger partial charge < -0.3 is 14.8 Å². The van der Waals surface area contributed by atoms with Crippen LogP contribution in [0.2, 0.25) is 5.02 Å². The van der Waals surface area contributed by atoms with Crippen molar-refractivity contribution in [2.75, 3.05) is 24.3 Å². The molecule has 0 spiro atoms.